The van der Waals surface area contributed by atoms with Crippen LogP contribution in [0.15, 0.2) is 48.5 Å². The number of fused-ring (bicyclic) bond motifs is 4. The fourth-order valence-electron chi connectivity index (χ4n) is 4.85. The summed E-state index contributed by atoms with van der Waals surface area (Å²) >= 11 is 0. The SMILES string of the molecule is CCC(C)NC(=O)c1ccccc1N1C(=O)C2Cc3c([nH]c4ccccc34)C(C)N2C1=O. The number of rotatable bonds is 4. The van der Waals surface area contributed by atoms with Gasteiger partial charge in [-0.1, -0.05) is 37.3 Å². The number of carbonyl (C=O) groups is 3. The number of benzene rings is 2. The van der Waals surface area contributed by atoms with Crippen molar-refractivity contribution in [3.8, 4) is 0 Å². The fraction of sp³-hybridized carbons (Fsp3) is 0.320. The van der Waals surface area contributed by atoms with Crippen molar-refractivity contribution in [2.45, 2.75) is 51.7 Å². The molecule has 0 radical (unpaired) electrons. The molecule has 0 aliphatic carbocycles. The Bertz CT molecular complexity index is 1250. The van der Waals surface area contributed by atoms with Gasteiger partial charge in [-0.25, -0.2) is 9.69 Å². The molecule has 2 aliphatic rings. The highest BCUT2D eigenvalue weighted by atomic mass is 16.2. The van der Waals surface area contributed by atoms with E-state index in [0.717, 1.165) is 28.6 Å². The molecule has 7 heteroatoms. The minimum atomic E-state index is -0.588. The lowest BCUT2D eigenvalue weighted by Gasteiger charge is -2.33. The first-order valence-corrected chi connectivity index (χ1v) is 11.1. The molecular weight excluding hydrogens is 404 g/mol. The topological polar surface area (TPSA) is 85.5 Å². The number of carbonyl (C=O) groups excluding carboxylic acids is 3. The van der Waals surface area contributed by atoms with Crippen LogP contribution in [0.4, 0.5) is 10.5 Å². The van der Waals surface area contributed by atoms with E-state index in [2.05, 4.69) is 10.3 Å². The first-order valence-electron chi connectivity index (χ1n) is 11.1. The lowest BCUT2D eigenvalue weighted by molar-refractivity contribution is -0.120. The maximum atomic E-state index is 13.5. The van der Waals surface area contributed by atoms with Gasteiger partial charge >= 0.3 is 6.03 Å². The summed E-state index contributed by atoms with van der Waals surface area (Å²) in [5, 5.41) is 4.02. The van der Waals surface area contributed by atoms with E-state index in [-0.39, 0.29) is 29.9 Å². The first-order chi connectivity index (χ1) is 15.4. The summed E-state index contributed by atoms with van der Waals surface area (Å²) in [5.41, 5.74) is 3.71. The van der Waals surface area contributed by atoms with Gasteiger partial charge in [0.2, 0.25) is 0 Å². The van der Waals surface area contributed by atoms with Gasteiger partial charge in [-0.3, -0.25) is 9.59 Å². The summed E-state index contributed by atoms with van der Waals surface area (Å²) < 4.78 is 0. The maximum Gasteiger partial charge on any atom is 0.332 e. The molecule has 1 aromatic heterocycles. The summed E-state index contributed by atoms with van der Waals surface area (Å²) in [6.07, 6.45) is 1.24. The van der Waals surface area contributed by atoms with Crippen LogP contribution in [0, 0.1) is 0 Å². The lowest BCUT2D eigenvalue weighted by atomic mass is 9.93. The molecule has 0 saturated carbocycles. The quantitative estimate of drug-likeness (QED) is 0.610. The second-order valence-electron chi connectivity index (χ2n) is 8.62. The molecule has 0 bridgehead atoms. The average Bonchev–Trinajstić information content (AvgIpc) is 3.29. The molecule has 0 spiro atoms. The number of anilines is 1. The Morgan fingerprint density at radius 1 is 1.16 bits per heavy atom. The Morgan fingerprint density at radius 3 is 2.66 bits per heavy atom. The molecule has 2 aliphatic heterocycles. The summed E-state index contributed by atoms with van der Waals surface area (Å²) in [7, 11) is 0. The van der Waals surface area contributed by atoms with E-state index in [1.54, 1.807) is 29.2 Å². The van der Waals surface area contributed by atoms with E-state index >= 15 is 0 Å². The van der Waals surface area contributed by atoms with Gasteiger partial charge in [-0.15, -0.1) is 0 Å². The molecule has 1 saturated heterocycles. The number of aromatic nitrogens is 1. The van der Waals surface area contributed by atoms with Crippen molar-refractivity contribution >= 4 is 34.4 Å². The highest BCUT2D eigenvalue weighted by molar-refractivity contribution is 6.24. The summed E-state index contributed by atoms with van der Waals surface area (Å²) in [6.45, 7) is 5.85. The zero-order chi connectivity index (χ0) is 22.6. The maximum absolute atomic E-state index is 13.5. The van der Waals surface area contributed by atoms with Crippen molar-refractivity contribution in [3.63, 3.8) is 0 Å². The number of aromatic amines is 1. The zero-order valence-corrected chi connectivity index (χ0v) is 18.4. The van der Waals surface area contributed by atoms with Gasteiger partial charge in [0, 0.05) is 29.1 Å². The summed E-state index contributed by atoms with van der Waals surface area (Å²) in [6, 6.07) is 13.5. The number of hydrogen-bond donors (Lipinski definition) is 2. The highest BCUT2D eigenvalue weighted by Gasteiger charge is 2.52. The minimum Gasteiger partial charge on any atom is -0.356 e. The summed E-state index contributed by atoms with van der Waals surface area (Å²) in [4.78, 5) is 46.2. The normalized spacial score (nSPS) is 21.0. The van der Waals surface area contributed by atoms with E-state index < -0.39 is 6.04 Å². The van der Waals surface area contributed by atoms with E-state index in [0.29, 0.717) is 17.7 Å². The predicted molar refractivity (Wildman–Crippen MR) is 123 cm³/mol. The van der Waals surface area contributed by atoms with E-state index in [4.69, 9.17) is 0 Å². The van der Waals surface area contributed by atoms with Crippen LogP contribution in [-0.4, -0.2) is 39.8 Å². The smallest absolute Gasteiger partial charge is 0.332 e. The second-order valence-corrected chi connectivity index (χ2v) is 8.62. The molecule has 2 aromatic carbocycles. The van der Waals surface area contributed by atoms with Gasteiger partial charge in [-0.2, -0.15) is 0 Å². The van der Waals surface area contributed by atoms with Crippen molar-refractivity contribution in [2.24, 2.45) is 0 Å². The average molecular weight is 431 g/mol. The van der Waals surface area contributed by atoms with Crippen molar-refractivity contribution in [3.05, 3.63) is 65.4 Å². The number of imide groups is 1. The predicted octanol–water partition coefficient (Wildman–Crippen LogP) is 4.15. The molecule has 3 atom stereocenters. The third kappa shape index (κ3) is 2.92. The van der Waals surface area contributed by atoms with Crippen LogP contribution >= 0.6 is 0 Å². The number of nitrogens with one attached hydrogen (secondary N) is 2. The number of H-pyrrole nitrogens is 1. The molecule has 2 N–H and O–H groups in total. The van der Waals surface area contributed by atoms with E-state index in [1.165, 1.54) is 4.90 Å². The first kappa shape index (κ1) is 20.3. The molecule has 32 heavy (non-hydrogen) atoms. The van der Waals surface area contributed by atoms with Crippen molar-refractivity contribution in [1.29, 1.82) is 0 Å². The monoisotopic (exact) mass is 430 g/mol. The van der Waals surface area contributed by atoms with Crippen molar-refractivity contribution in [1.82, 2.24) is 15.2 Å². The number of hydrogen-bond acceptors (Lipinski definition) is 3. The number of nitrogens with zero attached hydrogens (tertiary/aromatic N) is 2. The molecular formula is C25H26N4O3. The lowest BCUT2D eigenvalue weighted by Crippen LogP contribution is -2.42. The molecule has 4 amide bonds. The van der Waals surface area contributed by atoms with E-state index in [9.17, 15) is 14.4 Å². The van der Waals surface area contributed by atoms with Crippen LogP contribution in [0.25, 0.3) is 10.9 Å². The van der Waals surface area contributed by atoms with E-state index in [1.807, 2.05) is 45.0 Å². The zero-order valence-electron chi connectivity index (χ0n) is 18.4. The Hall–Kier alpha value is -3.61. The van der Waals surface area contributed by atoms with Crippen LogP contribution in [-0.2, 0) is 11.2 Å². The Kier molecular flexibility index (Phi) is 4.77. The second kappa shape index (κ2) is 7.51. The fourth-order valence-corrected chi connectivity index (χ4v) is 4.85. The van der Waals surface area contributed by atoms with Crippen LogP contribution in [0.5, 0.6) is 0 Å². The molecule has 1 fully saturated rings. The molecule has 5 rings (SSSR count). The molecule has 3 aromatic rings. The van der Waals surface area contributed by atoms with Gasteiger partial charge in [0.1, 0.15) is 6.04 Å². The third-order valence-corrected chi connectivity index (χ3v) is 6.71. The number of amides is 4. The molecule has 3 heterocycles. The van der Waals surface area contributed by atoms with Gasteiger partial charge in [0.25, 0.3) is 11.8 Å². The Labute approximate surface area is 186 Å². The highest BCUT2D eigenvalue weighted by Crippen LogP contribution is 2.42. The van der Waals surface area contributed by atoms with Crippen molar-refractivity contribution < 1.29 is 14.4 Å². The molecule has 7 nitrogen and oxygen atoms in total. The van der Waals surface area contributed by atoms with Gasteiger partial charge in [0.05, 0.1) is 17.3 Å². The van der Waals surface area contributed by atoms with Gasteiger partial charge in [0.15, 0.2) is 0 Å². The van der Waals surface area contributed by atoms with Crippen LogP contribution < -0.4 is 10.2 Å². The number of para-hydroxylation sites is 2. The van der Waals surface area contributed by atoms with Gasteiger partial charge < -0.3 is 15.2 Å². The Morgan fingerprint density at radius 2 is 1.88 bits per heavy atom. The largest absolute Gasteiger partial charge is 0.356 e. The Balaban J connectivity index is 1.53. The van der Waals surface area contributed by atoms with Crippen molar-refractivity contribution in [2.75, 3.05) is 4.90 Å². The number of urea groups is 1. The van der Waals surface area contributed by atoms with Gasteiger partial charge in [-0.05, 0) is 44.0 Å². The van der Waals surface area contributed by atoms with Crippen LogP contribution in [0.2, 0.25) is 0 Å². The molecule has 164 valence electrons. The summed E-state index contributed by atoms with van der Waals surface area (Å²) in [5.74, 6) is -0.578. The van der Waals surface area contributed by atoms with Crippen LogP contribution in [0.3, 0.4) is 0 Å². The minimum absolute atomic E-state index is 0.00907. The molecule has 3 unspecified atom stereocenters. The standard InChI is InChI=1S/C25H26N4O3/c1-4-14(2)26-23(30)17-10-6-8-12-20(17)29-24(31)21-13-18-16-9-5-7-11-19(16)27-22(18)15(3)28(21)25(29)32/h5-12,14-15,21,27H,4,13H2,1-3H3,(H,26,30). The third-order valence-electron chi connectivity index (χ3n) is 6.71. The van der Waals surface area contributed by atoms with Crippen LogP contribution in [0.1, 0.15) is 54.8 Å².